The van der Waals surface area contributed by atoms with Crippen LogP contribution in [-0.4, -0.2) is 65.0 Å². The number of hydrogen-bond acceptors (Lipinski definition) is 6. The Labute approximate surface area is 249 Å². The number of carbonyl (C=O) groups excluding carboxylic acids is 3. The van der Waals surface area contributed by atoms with Crippen molar-refractivity contribution in [2.75, 3.05) is 19.0 Å². The maximum Gasteiger partial charge on any atom is 0.408 e. The van der Waals surface area contributed by atoms with E-state index in [9.17, 15) is 23.2 Å². The number of methoxy groups -OCH3 is 1. The van der Waals surface area contributed by atoms with Gasteiger partial charge in [0.2, 0.25) is 5.96 Å². The predicted octanol–water partition coefficient (Wildman–Crippen LogP) is 5.05. The van der Waals surface area contributed by atoms with Gasteiger partial charge < -0.3 is 25.4 Å². The molecule has 3 N–H and O–H groups in total. The first-order valence-electron chi connectivity index (χ1n) is 13.7. The molecule has 1 aromatic heterocycles. The van der Waals surface area contributed by atoms with Crippen LogP contribution in [-0.2, 0) is 9.47 Å². The summed E-state index contributed by atoms with van der Waals surface area (Å²) in [5.41, 5.74) is 0.360. The molecule has 0 spiro atoms. The minimum Gasteiger partial charge on any atom is -0.444 e. The SMILES string of the molecule is COC[C@H](C)N/C(=N/C(=O)c1ccc(F)c(F)c1)Nc1nn(C(=O)[C@@H](NC(=O)OC(C)(C)C)C(C)C)c2cc(C)ccc12. The number of anilines is 1. The van der Waals surface area contributed by atoms with E-state index >= 15 is 0 Å². The highest BCUT2D eigenvalue weighted by Crippen LogP contribution is 2.25. The van der Waals surface area contributed by atoms with Crippen LogP contribution >= 0.6 is 0 Å². The molecule has 1 heterocycles. The Hall–Kier alpha value is -4.39. The first-order valence-corrected chi connectivity index (χ1v) is 13.7. The molecule has 3 rings (SSSR count). The highest BCUT2D eigenvalue weighted by atomic mass is 19.2. The van der Waals surface area contributed by atoms with E-state index in [0.717, 1.165) is 23.8 Å². The quantitative estimate of drug-likeness (QED) is 0.242. The van der Waals surface area contributed by atoms with Crippen molar-refractivity contribution in [1.29, 1.82) is 0 Å². The van der Waals surface area contributed by atoms with Gasteiger partial charge in [-0.15, -0.1) is 5.10 Å². The van der Waals surface area contributed by atoms with Crippen molar-refractivity contribution in [1.82, 2.24) is 20.4 Å². The summed E-state index contributed by atoms with van der Waals surface area (Å²) in [6.07, 6.45) is -0.743. The molecule has 0 aliphatic rings. The van der Waals surface area contributed by atoms with E-state index in [0.29, 0.717) is 10.9 Å². The molecule has 0 aliphatic heterocycles. The summed E-state index contributed by atoms with van der Waals surface area (Å²) in [7, 11) is 1.51. The molecule has 0 aliphatic carbocycles. The highest BCUT2D eigenvalue weighted by Gasteiger charge is 2.30. The molecule has 0 fully saturated rings. The molecule has 2 amide bonds. The minimum absolute atomic E-state index is 0.0638. The number of fused-ring (bicyclic) bond motifs is 1. The van der Waals surface area contributed by atoms with Gasteiger partial charge in [-0.1, -0.05) is 19.9 Å². The van der Waals surface area contributed by atoms with Crippen molar-refractivity contribution in [2.45, 2.75) is 66.2 Å². The van der Waals surface area contributed by atoms with Crippen LogP contribution in [0, 0.1) is 24.5 Å². The fourth-order valence-corrected chi connectivity index (χ4v) is 4.09. The highest BCUT2D eigenvalue weighted by molar-refractivity contribution is 6.10. The number of benzene rings is 2. The average Bonchev–Trinajstić information content (AvgIpc) is 3.24. The lowest BCUT2D eigenvalue weighted by molar-refractivity contribution is 0.0462. The van der Waals surface area contributed by atoms with Crippen LogP contribution in [0.1, 0.15) is 62.3 Å². The summed E-state index contributed by atoms with van der Waals surface area (Å²) >= 11 is 0. The van der Waals surface area contributed by atoms with Gasteiger partial charge in [0.15, 0.2) is 17.5 Å². The van der Waals surface area contributed by atoms with Gasteiger partial charge >= 0.3 is 6.09 Å². The van der Waals surface area contributed by atoms with Gasteiger partial charge in [-0.05, 0) is 76.4 Å². The molecule has 43 heavy (non-hydrogen) atoms. The van der Waals surface area contributed by atoms with Crippen molar-refractivity contribution in [3.05, 3.63) is 59.2 Å². The summed E-state index contributed by atoms with van der Waals surface area (Å²) < 4.78 is 38.9. The molecular weight excluding hydrogens is 562 g/mol. The summed E-state index contributed by atoms with van der Waals surface area (Å²) in [6, 6.07) is 6.74. The number of guanidine groups is 1. The van der Waals surface area contributed by atoms with E-state index in [1.54, 1.807) is 53.7 Å². The summed E-state index contributed by atoms with van der Waals surface area (Å²) in [5.74, 6) is -3.85. The van der Waals surface area contributed by atoms with Crippen LogP contribution in [0.5, 0.6) is 0 Å². The monoisotopic (exact) mass is 600 g/mol. The number of halogens is 2. The van der Waals surface area contributed by atoms with Crippen molar-refractivity contribution in [3.8, 4) is 0 Å². The van der Waals surface area contributed by atoms with Gasteiger partial charge in [-0.25, -0.2) is 13.6 Å². The second kappa shape index (κ2) is 13.7. The predicted molar refractivity (Wildman–Crippen MR) is 159 cm³/mol. The molecule has 0 unspecified atom stereocenters. The van der Waals surface area contributed by atoms with E-state index in [-0.39, 0.29) is 35.9 Å². The lowest BCUT2D eigenvalue weighted by Gasteiger charge is -2.25. The standard InChI is InChI=1S/C30H38F2N6O5/c1-16(2)24(34-29(41)43-30(5,6)7)27(40)38-23-13-17(3)9-11-20(23)25(37-38)35-28(33-18(4)15-42-8)36-26(39)19-10-12-21(31)22(32)14-19/h9-14,16,18,24H,15H2,1-8H3,(H,34,41)(H2,33,35,36,37,39)/t18-,24-/m0/s1. The average molecular weight is 601 g/mol. The number of alkyl carbamates (subject to hydrolysis) is 1. The number of rotatable bonds is 8. The maximum absolute atomic E-state index is 13.8. The van der Waals surface area contributed by atoms with Gasteiger partial charge in [-0.2, -0.15) is 9.67 Å². The van der Waals surface area contributed by atoms with Crippen molar-refractivity contribution >= 4 is 40.6 Å². The lowest BCUT2D eigenvalue weighted by atomic mass is 10.0. The first kappa shape index (κ1) is 33.1. The number of aromatic nitrogens is 2. The number of aryl methyl sites for hydroxylation is 1. The third kappa shape index (κ3) is 8.80. The Balaban J connectivity index is 2.05. The molecule has 13 heteroatoms. The van der Waals surface area contributed by atoms with E-state index in [1.807, 2.05) is 13.0 Å². The Morgan fingerprint density at radius 3 is 2.33 bits per heavy atom. The molecule has 0 saturated carbocycles. The minimum atomic E-state index is -1.19. The third-order valence-electron chi connectivity index (χ3n) is 6.07. The van der Waals surface area contributed by atoms with Crippen LogP contribution in [0.3, 0.4) is 0 Å². The Kier molecular flexibility index (Phi) is 10.6. The van der Waals surface area contributed by atoms with Crippen LogP contribution in [0.25, 0.3) is 10.9 Å². The molecule has 232 valence electrons. The maximum atomic E-state index is 13.8. The van der Waals surface area contributed by atoms with E-state index < -0.39 is 41.2 Å². The van der Waals surface area contributed by atoms with Gasteiger partial charge in [0, 0.05) is 24.1 Å². The van der Waals surface area contributed by atoms with Gasteiger partial charge in [-0.3, -0.25) is 9.59 Å². The Morgan fingerprint density at radius 1 is 1.02 bits per heavy atom. The number of hydrogen-bond donors (Lipinski definition) is 3. The van der Waals surface area contributed by atoms with Crippen molar-refractivity contribution in [3.63, 3.8) is 0 Å². The lowest BCUT2D eigenvalue weighted by Crippen LogP contribution is -2.48. The smallest absolute Gasteiger partial charge is 0.408 e. The fraction of sp³-hybridized carbons (Fsp3) is 0.433. The van der Waals surface area contributed by atoms with Gasteiger partial charge in [0.1, 0.15) is 11.6 Å². The molecule has 11 nitrogen and oxygen atoms in total. The first-order chi connectivity index (χ1) is 20.1. The van der Waals surface area contributed by atoms with Crippen LogP contribution in [0.2, 0.25) is 0 Å². The third-order valence-corrected chi connectivity index (χ3v) is 6.07. The van der Waals surface area contributed by atoms with E-state index in [4.69, 9.17) is 9.47 Å². The van der Waals surface area contributed by atoms with Crippen molar-refractivity contribution < 1.29 is 32.6 Å². The van der Waals surface area contributed by atoms with Crippen molar-refractivity contribution in [2.24, 2.45) is 10.9 Å². The number of carbonyl (C=O) groups is 3. The Morgan fingerprint density at radius 2 is 1.72 bits per heavy atom. The van der Waals surface area contributed by atoms with Crippen LogP contribution in [0.4, 0.5) is 19.4 Å². The second-order valence-electron chi connectivity index (χ2n) is 11.5. The molecule has 2 atom stereocenters. The summed E-state index contributed by atoms with van der Waals surface area (Å²) in [6.45, 7) is 12.6. The summed E-state index contributed by atoms with van der Waals surface area (Å²) in [4.78, 5) is 43.3. The second-order valence-corrected chi connectivity index (χ2v) is 11.5. The fourth-order valence-electron chi connectivity index (χ4n) is 4.09. The van der Waals surface area contributed by atoms with Gasteiger partial charge in [0.05, 0.1) is 12.1 Å². The zero-order valence-corrected chi connectivity index (χ0v) is 25.5. The topological polar surface area (TPSA) is 136 Å². The van der Waals surface area contributed by atoms with Crippen LogP contribution < -0.4 is 16.0 Å². The van der Waals surface area contributed by atoms with Gasteiger partial charge in [0.25, 0.3) is 11.8 Å². The normalized spacial score (nSPS) is 13.5. The molecular formula is C30H38F2N6O5. The molecule has 2 aromatic carbocycles. The molecule has 0 bridgehead atoms. The number of nitrogens with zero attached hydrogens (tertiary/aromatic N) is 3. The Bertz CT molecular complexity index is 1530. The number of amides is 2. The van der Waals surface area contributed by atoms with Crippen LogP contribution in [0.15, 0.2) is 41.4 Å². The largest absolute Gasteiger partial charge is 0.444 e. The van der Waals surface area contributed by atoms with E-state index in [1.165, 1.54) is 11.8 Å². The zero-order chi connectivity index (χ0) is 32.1. The number of nitrogens with one attached hydrogen (secondary N) is 3. The zero-order valence-electron chi connectivity index (χ0n) is 25.5. The van der Waals surface area contributed by atoms with E-state index in [2.05, 4.69) is 26.0 Å². The number of aliphatic imine (C=N–C) groups is 1. The molecule has 0 saturated heterocycles. The molecule has 3 aromatic rings. The molecule has 0 radical (unpaired) electrons. The summed E-state index contributed by atoms with van der Waals surface area (Å²) in [5, 5.41) is 13.7. The number of ether oxygens (including phenoxy) is 2.